The Kier molecular flexibility index (Phi) is 14.8. The van der Waals surface area contributed by atoms with Crippen molar-refractivity contribution in [1.82, 2.24) is 0 Å². The topological polar surface area (TPSA) is 9.72 Å². The molecule has 0 amide bonds. The van der Waals surface area contributed by atoms with E-state index >= 15 is 0 Å². The maximum absolute atomic E-state index is 4.04. The van der Waals surface area contributed by atoms with E-state index in [4.69, 9.17) is 0 Å². The van der Waals surface area contributed by atoms with Gasteiger partial charge in [-0.15, -0.1) is 0 Å². The van der Waals surface area contributed by atoms with Crippen LogP contribution in [0.15, 0.2) is 328 Å². The fraction of sp³-hybridized carbons (Fsp3) is 0.0137. The summed E-state index contributed by atoms with van der Waals surface area (Å²) in [6, 6.07) is 106. The minimum absolute atomic E-state index is 0.786. The molecule has 0 aliphatic heterocycles. The number of hydrogen-bond donors (Lipinski definition) is 0. The van der Waals surface area contributed by atoms with E-state index in [1.165, 1.54) is 33.4 Å². The van der Waals surface area contributed by atoms with Gasteiger partial charge in [0.1, 0.15) is 0 Å². The fourth-order valence-electron chi connectivity index (χ4n) is 9.83. The Balaban J connectivity index is 0.808. The van der Waals surface area contributed by atoms with Crippen molar-refractivity contribution < 1.29 is 0 Å². The van der Waals surface area contributed by atoms with Crippen LogP contribution in [0.25, 0.3) is 39.0 Å². The SMILES string of the molecule is C=C/C=C(\C=C/Cc1ccc(N(c2ccc(-c3ccccc3)cc2)c2ccc(-c3ccc(-c4ccc(N(c5ccccc5)c5ccccc5)cc4)cc3)cc2)cc1)c1ccc(N(c2ccccc2)c2ccccc2)cc1. The van der Waals surface area contributed by atoms with Crippen LogP contribution in [0.3, 0.4) is 0 Å². The number of allylic oxidation sites excluding steroid dienone is 5. The highest BCUT2D eigenvalue weighted by Gasteiger charge is 2.16. The van der Waals surface area contributed by atoms with Crippen LogP contribution in [0.4, 0.5) is 51.2 Å². The van der Waals surface area contributed by atoms with Crippen molar-refractivity contribution in [1.29, 1.82) is 0 Å². The molecule has 0 bridgehead atoms. The third kappa shape index (κ3) is 11.2. The smallest absolute Gasteiger partial charge is 0.0462 e. The van der Waals surface area contributed by atoms with Gasteiger partial charge in [0.2, 0.25) is 0 Å². The quantitative estimate of drug-likeness (QED) is 0.0842. The maximum Gasteiger partial charge on any atom is 0.0462 e. The van der Waals surface area contributed by atoms with Gasteiger partial charge in [-0.2, -0.15) is 0 Å². The van der Waals surface area contributed by atoms with Crippen LogP contribution in [0.1, 0.15) is 11.1 Å². The van der Waals surface area contributed by atoms with Crippen LogP contribution in [0, 0.1) is 0 Å². The summed E-state index contributed by atoms with van der Waals surface area (Å²) in [7, 11) is 0. The first kappa shape index (κ1) is 48.3. The van der Waals surface area contributed by atoms with Crippen molar-refractivity contribution in [3.63, 3.8) is 0 Å². The first-order chi connectivity index (χ1) is 37.6. The van der Waals surface area contributed by atoms with Crippen molar-refractivity contribution in [3.8, 4) is 33.4 Å². The largest absolute Gasteiger partial charge is 0.311 e. The molecule has 11 aromatic carbocycles. The molecule has 0 aliphatic rings. The van der Waals surface area contributed by atoms with Gasteiger partial charge in [-0.25, -0.2) is 0 Å². The maximum atomic E-state index is 4.04. The molecule has 76 heavy (non-hydrogen) atoms. The first-order valence-corrected chi connectivity index (χ1v) is 25.9. The van der Waals surface area contributed by atoms with Gasteiger partial charge in [-0.05, 0) is 166 Å². The predicted octanol–water partition coefficient (Wildman–Crippen LogP) is 20.5. The number of para-hydroxylation sites is 4. The van der Waals surface area contributed by atoms with Crippen LogP contribution in [-0.4, -0.2) is 0 Å². The highest BCUT2D eigenvalue weighted by atomic mass is 15.2. The highest BCUT2D eigenvalue weighted by Crippen LogP contribution is 2.40. The molecule has 364 valence electrons. The zero-order valence-corrected chi connectivity index (χ0v) is 42.4. The zero-order chi connectivity index (χ0) is 51.3. The second-order valence-corrected chi connectivity index (χ2v) is 18.6. The Morgan fingerprint density at radius 2 is 0.526 bits per heavy atom. The molecule has 11 rings (SSSR count). The van der Waals surface area contributed by atoms with Crippen LogP contribution in [-0.2, 0) is 6.42 Å². The van der Waals surface area contributed by atoms with Crippen LogP contribution < -0.4 is 14.7 Å². The molecule has 0 heterocycles. The molecular weight excluding hydrogens is 919 g/mol. The minimum Gasteiger partial charge on any atom is -0.311 e. The molecule has 0 aromatic heterocycles. The number of nitrogens with zero attached hydrogens (tertiary/aromatic N) is 3. The normalized spacial score (nSPS) is 11.3. The second-order valence-electron chi connectivity index (χ2n) is 18.6. The second kappa shape index (κ2) is 23.3. The number of hydrogen-bond acceptors (Lipinski definition) is 3. The van der Waals surface area contributed by atoms with E-state index in [1.807, 2.05) is 6.08 Å². The number of rotatable bonds is 17. The zero-order valence-electron chi connectivity index (χ0n) is 42.4. The van der Waals surface area contributed by atoms with Gasteiger partial charge in [-0.3, -0.25) is 0 Å². The minimum atomic E-state index is 0.786. The lowest BCUT2D eigenvalue weighted by Crippen LogP contribution is -2.10. The predicted molar refractivity (Wildman–Crippen MR) is 324 cm³/mol. The fourth-order valence-corrected chi connectivity index (χ4v) is 9.83. The van der Waals surface area contributed by atoms with Crippen molar-refractivity contribution in [2.45, 2.75) is 6.42 Å². The lowest BCUT2D eigenvalue weighted by atomic mass is 9.99. The third-order valence-corrected chi connectivity index (χ3v) is 13.7. The molecule has 0 saturated carbocycles. The van der Waals surface area contributed by atoms with Gasteiger partial charge in [0, 0.05) is 51.2 Å². The summed E-state index contributed by atoms with van der Waals surface area (Å²) in [5.41, 5.74) is 20.5. The van der Waals surface area contributed by atoms with Gasteiger partial charge < -0.3 is 14.7 Å². The van der Waals surface area contributed by atoms with E-state index in [0.717, 1.165) is 74.3 Å². The molecule has 0 aliphatic carbocycles. The van der Waals surface area contributed by atoms with Gasteiger partial charge in [0.25, 0.3) is 0 Å². The van der Waals surface area contributed by atoms with E-state index in [2.05, 4.69) is 337 Å². The first-order valence-electron chi connectivity index (χ1n) is 25.9. The van der Waals surface area contributed by atoms with Crippen LogP contribution in [0.5, 0.6) is 0 Å². The van der Waals surface area contributed by atoms with E-state index in [1.54, 1.807) is 0 Å². The Morgan fingerprint density at radius 1 is 0.276 bits per heavy atom. The molecule has 11 aromatic rings. The van der Waals surface area contributed by atoms with Crippen molar-refractivity contribution in [2.75, 3.05) is 14.7 Å². The number of anilines is 9. The van der Waals surface area contributed by atoms with Gasteiger partial charge in [0.15, 0.2) is 0 Å². The summed E-state index contributed by atoms with van der Waals surface area (Å²) in [5, 5.41) is 0. The van der Waals surface area contributed by atoms with E-state index < -0.39 is 0 Å². The van der Waals surface area contributed by atoms with Crippen molar-refractivity contribution in [2.24, 2.45) is 0 Å². The summed E-state index contributed by atoms with van der Waals surface area (Å²) >= 11 is 0. The van der Waals surface area contributed by atoms with Crippen LogP contribution in [0.2, 0.25) is 0 Å². The lowest BCUT2D eigenvalue weighted by molar-refractivity contribution is 1.24. The summed E-state index contributed by atoms with van der Waals surface area (Å²) in [6.45, 7) is 4.04. The van der Waals surface area contributed by atoms with Crippen molar-refractivity contribution >= 4 is 56.8 Å². The van der Waals surface area contributed by atoms with E-state index in [-0.39, 0.29) is 0 Å². The summed E-state index contributed by atoms with van der Waals surface area (Å²) in [6.07, 6.45) is 9.17. The van der Waals surface area contributed by atoms with Gasteiger partial charge >= 0.3 is 0 Å². The molecule has 0 spiro atoms. The molecule has 0 unspecified atom stereocenters. The molecule has 0 fully saturated rings. The molecule has 0 N–H and O–H groups in total. The summed E-state index contributed by atoms with van der Waals surface area (Å²) in [4.78, 5) is 6.91. The van der Waals surface area contributed by atoms with Crippen molar-refractivity contribution in [3.05, 3.63) is 339 Å². The Morgan fingerprint density at radius 3 is 0.842 bits per heavy atom. The van der Waals surface area contributed by atoms with E-state index in [0.29, 0.717) is 0 Å². The molecule has 0 atom stereocenters. The van der Waals surface area contributed by atoms with Gasteiger partial charge in [0.05, 0.1) is 0 Å². The molecule has 3 nitrogen and oxygen atoms in total. The number of benzene rings is 11. The van der Waals surface area contributed by atoms with Crippen LogP contribution >= 0.6 is 0 Å². The summed E-state index contributed by atoms with van der Waals surface area (Å²) in [5.74, 6) is 0. The Hall–Kier alpha value is -9.96. The highest BCUT2D eigenvalue weighted by molar-refractivity contribution is 5.83. The molecule has 3 heteroatoms. The standard InChI is InChI=1S/C73H57N3/c1-2-19-57(61-38-48-70(49-39-61)74(65-24-10-4-11-25-65)66-26-12-5-13-27-66)23-18-20-56-32-46-69(47-33-56)76(72-50-40-62(41-51-72)58-21-8-3-9-22-58)73-54-44-64(45-55-73)60-36-34-59(35-37-60)63-42-52-71(53-43-63)75(67-28-14-6-15-29-67)68-30-16-7-17-31-68/h2-19,21-55H,1,20H2/b23-18-,57-19+. The molecule has 0 saturated heterocycles. The third-order valence-electron chi connectivity index (χ3n) is 13.7. The molecule has 0 radical (unpaired) electrons. The van der Waals surface area contributed by atoms with Gasteiger partial charge in [-0.1, -0.05) is 219 Å². The Labute approximate surface area is 448 Å². The average Bonchev–Trinajstić information content (AvgIpc) is 3.50. The Bertz CT molecular complexity index is 3570. The molecular formula is C73H57N3. The van der Waals surface area contributed by atoms with E-state index in [9.17, 15) is 0 Å². The lowest BCUT2D eigenvalue weighted by Gasteiger charge is -2.26. The average molecular weight is 976 g/mol. The monoisotopic (exact) mass is 975 g/mol. The summed E-state index contributed by atoms with van der Waals surface area (Å²) < 4.78 is 0.